The van der Waals surface area contributed by atoms with E-state index >= 15 is 0 Å². The molecule has 0 aliphatic rings. The Hall–Kier alpha value is -0.266. The number of hydrogen-bond acceptors (Lipinski definition) is 1. The van der Waals surface area contributed by atoms with Gasteiger partial charge in [-0.25, -0.2) is 0 Å². The first-order valence-electron chi connectivity index (χ1n) is 3.60. The Kier molecular flexibility index (Phi) is 2.75. The van der Waals surface area contributed by atoms with Crippen LogP contribution in [0.25, 0.3) is 0 Å². The van der Waals surface area contributed by atoms with E-state index in [0.29, 0.717) is 0 Å². The fourth-order valence-electron chi connectivity index (χ4n) is 1.06. The van der Waals surface area contributed by atoms with Crippen LogP contribution in [-0.4, -0.2) is 9.30 Å². The summed E-state index contributed by atoms with van der Waals surface area (Å²) >= 11 is 2.05. The molecule has 0 saturated heterocycles. The van der Waals surface area contributed by atoms with E-state index in [1.807, 2.05) is 13.1 Å². The number of aryl methyl sites for hydroxylation is 2. The zero-order valence-electron chi connectivity index (χ0n) is 7.10. The number of aromatic nitrogens is 1. The summed E-state index contributed by atoms with van der Waals surface area (Å²) in [7, 11) is 0. The molecule has 0 bridgehead atoms. The first kappa shape index (κ1) is 8.83. The van der Waals surface area contributed by atoms with Crippen LogP contribution >= 0.6 is 0 Å². The molecule has 1 nitrogen and oxygen atoms in total. The van der Waals surface area contributed by atoms with E-state index in [2.05, 4.69) is 43.1 Å². The van der Waals surface area contributed by atoms with Crippen LogP contribution in [0.2, 0.25) is 0 Å². The third-order valence-electron chi connectivity index (χ3n) is 1.98. The van der Waals surface area contributed by atoms with Gasteiger partial charge in [-0.05, 0) is 0 Å². The summed E-state index contributed by atoms with van der Waals surface area (Å²) in [5, 5.41) is 0. The molecule has 0 saturated carbocycles. The topological polar surface area (TPSA) is 12.9 Å². The summed E-state index contributed by atoms with van der Waals surface area (Å²) in [6, 6.07) is 0. The third kappa shape index (κ3) is 1.66. The molecule has 1 aromatic rings. The summed E-state index contributed by atoms with van der Waals surface area (Å²) in [5.74, 6) is 0. The average molecular weight is 181 g/mol. The predicted octanol–water partition coefficient (Wildman–Crippen LogP) is 1.70. The monoisotopic (exact) mass is 181 g/mol. The molecular formula is C9H11NTi. The summed E-state index contributed by atoms with van der Waals surface area (Å²) in [6.45, 7) is 6.27. The van der Waals surface area contributed by atoms with E-state index < -0.39 is 0 Å². The molecule has 0 unspecified atom stereocenters. The molecule has 0 N–H and O–H groups in total. The van der Waals surface area contributed by atoms with Crippen LogP contribution in [0.15, 0.2) is 6.20 Å². The first-order chi connectivity index (χ1) is 5.16. The zero-order valence-corrected chi connectivity index (χ0v) is 8.66. The van der Waals surface area contributed by atoms with Gasteiger partial charge in [0.15, 0.2) is 0 Å². The quantitative estimate of drug-likeness (QED) is 0.601. The van der Waals surface area contributed by atoms with Crippen molar-refractivity contribution >= 4 is 4.31 Å². The molecule has 0 aromatic carbocycles. The van der Waals surface area contributed by atoms with Crippen LogP contribution < -0.4 is 0 Å². The standard InChI is InChI=1S/C9H11N.Ti/c1-6-5-10-9(4)8(3)7(6)2;/h3,5H,1-2,4H3;. The van der Waals surface area contributed by atoms with Crippen molar-refractivity contribution in [3.8, 4) is 0 Å². The third-order valence-corrected chi connectivity index (χ3v) is 2.43. The zero-order chi connectivity index (χ0) is 8.43. The molecule has 11 heavy (non-hydrogen) atoms. The molecule has 0 fully saturated rings. The molecule has 0 aliphatic carbocycles. The van der Waals surface area contributed by atoms with E-state index in [9.17, 15) is 0 Å². The van der Waals surface area contributed by atoms with Crippen molar-refractivity contribution in [2.75, 3.05) is 0 Å². The van der Waals surface area contributed by atoms with Crippen LogP contribution in [-0.2, 0) is 20.0 Å². The fourth-order valence-corrected chi connectivity index (χ4v) is 1.72. The van der Waals surface area contributed by atoms with Gasteiger partial charge in [-0.1, -0.05) is 0 Å². The number of nitrogens with zero attached hydrogens (tertiary/aromatic N) is 1. The van der Waals surface area contributed by atoms with Crippen molar-refractivity contribution in [1.29, 1.82) is 0 Å². The Bertz CT molecular complexity index is 292. The number of rotatable bonds is 1. The maximum atomic E-state index is 4.28. The van der Waals surface area contributed by atoms with Crippen molar-refractivity contribution < 1.29 is 20.0 Å². The molecule has 1 heterocycles. The van der Waals surface area contributed by atoms with Gasteiger partial charge in [0.25, 0.3) is 0 Å². The van der Waals surface area contributed by atoms with Crippen LogP contribution in [0.4, 0.5) is 0 Å². The molecule has 0 radical (unpaired) electrons. The summed E-state index contributed by atoms with van der Waals surface area (Å²) in [5.41, 5.74) is 5.02. The van der Waals surface area contributed by atoms with Gasteiger partial charge in [-0.3, -0.25) is 0 Å². The molecule has 0 spiro atoms. The van der Waals surface area contributed by atoms with Crippen LogP contribution in [0.1, 0.15) is 22.4 Å². The van der Waals surface area contributed by atoms with Crippen LogP contribution in [0, 0.1) is 20.8 Å². The molecule has 1 aromatic heterocycles. The molecule has 56 valence electrons. The van der Waals surface area contributed by atoms with E-state index in [-0.39, 0.29) is 0 Å². The SMILES string of the molecule is Cc1cnc(C)c([CH]=[Ti])c1C. The van der Waals surface area contributed by atoms with Crippen molar-refractivity contribution in [2.24, 2.45) is 0 Å². The second-order valence-electron chi connectivity index (χ2n) is 2.71. The molecule has 2 heteroatoms. The van der Waals surface area contributed by atoms with Crippen molar-refractivity contribution in [3.05, 3.63) is 28.6 Å². The van der Waals surface area contributed by atoms with Crippen LogP contribution in [0.3, 0.4) is 0 Å². The Morgan fingerprint density at radius 3 is 2.45 bits per heavy atom. The number of hydrogen-bond donors (Lipinski definition) is 0. The molecule has 0 atom stereocenters. The first-order valence-corrected chi connectivity index (χ1v) is 4.50. The fraction of sp³-hybridized carbons (Fsp3) is 0.333. The van der Waals surface area contributed by atoms with Crippen molar-refractivity contribution in [1.82, 2.24) is 4.98 Å². The normalized spacial score (nSPS) is 9.64. The Labute approximate surface area is 78.8 Å². The maximum absolute atomic E-state index is 4.28. The minimum atomic E-state index is 1.12. The molecular weight excluding hydrogens is 170 g/mol. The molecule has 0 aliphatic heterocycles. The average Bonchev–Trinajstić information content (AvgIpc) is 1.99. The van der Waals surface area contributed by atoms with Crippen LogP contribution in [0.5, 0.6) is 0 Å². The van der Waals surface area contributed by atoms with Crippen molar-refractivity contribution in [2.45, 2.75) is 20.8 Å². The van der Waals surface area contributed by atoms with Gasteiger partial charge >= 0.3 is 78.6 Å². The summed E-state index contributed by atoms with van der Waals surface area (Å²) in [6.07, 6.45) is 1.93. The predicted molar refractivity (Wildman–Crippen MR) is 43.6 cm³/mol. The summed E-state index contributed by atoms with van der Waals surface area (Å²) < 4.78 is 2.12. The Balaban J connectivity index is 3.40. The van der Waals surface area contributed by atoms with E-state index in [1.165, 1.54) is 16.7 Å². The van der Waals surface area contributed by atoms with Gasteiger partial charge in [0.2, 0.25) is 0 Å². The Morgan fingerprint density at radius 1 is 1.36 bits per heavy atom. The van der Waals surface area contributed by atoms with E-state index in [1.54, 1.807) is 0 Å². The van der Waals surface area contributed by atoms with Gasteiger partial charge in [-0.2, -0.15) is 0 Å². The Morgan fingerprint density at radius 2 is 2.00 bits per heavy atom. The minimum absolute atomic E-state index is 1.12. The number of pyridine rings is 1. The van der Waals surface area contributed by atoms with Gasteiger partial charge in [-0.15, -0.1) is 0 Å². The van der Waals surface area contributed by atoms with Crippen molar-refractivity contribution in [3.63, 3.8) is 0 Å². The van der Waals surface area contributed by atoms with Gasteiger partial charge < -0.3 is 0 Å². The summed E-state index contributed by atoms with van der Waals surface area (Å²) in [4.78, 5) is 4.28. The second kappa shape index (κ2) is 3.42. The van der Waals surface area contributed by atoms with E-state index in [0.717, 1.165) is 5.69 Å². The van der Waals surface area contributed by atoms with Gasteiger partial charge in [0.1, 0.15) is 0 Å². The second-order valence-corrected chi connectivity index (χ2v) is 3.16. The molecule has 1 rings (SSSR count). The molecule has 0 amide bonds. The van der Waals surface area contributed by atoms with Gasteiger partial charge in [0, 0.05) is 0 Å². The van der Waals surface area contributed by atoms with E-state index in [4.69, 9.17) is 0 Å². The van der Waals surface area contributed by atoms with Gasteiger partial charge in [0.05, 0.1) is 0 Å².